The van der Waals surface area contributed by atoms with Gasteiger partial charge in [-0.1, -0.05) is 6.07 Å². The Morgan fingerprint density at radius 1 is 1.24 bits per heavy atom. The number of carbonyl (C=O) groups is 1. The fourth-order valence-corrected chi connectivity index (χ4v) is 3.76. The third-order valence-corrected chi connectivity index (χ3v) is 5.45. The molecule has 0 bridgehead atoms. The zero-order valence-corrected chi connectivity index (χ0v) is 17.9. The molecule has 0 radical (unpaired) electrons. The van der Waals surface area contributed by atoms with Gasteiger partial charge in [-0.3, -0.25) is 9.48 Å². The van der Waals surface area contributed by atoms with Crippen LogP contribution in [0.4, 0.5) is 8.78 Å². The summed E-state index contributed by atoms with van der Waals surface area (Å²) in [6, 6.07) is 10.3. The first-order valence-corrected chi connectivity index (χ1v) is 10.5. The number of benzene rings is 2. The molecule has 4 rings (SSSR count). The molecule has 33 heavy (non-hydrogen) atoms. The second-order valence-corrected chi connectivity index (χ2v) is 7.81. The van der Waals surface area contributed by atoms with Crippen LogP contribution in [0, 0.1) is 17.1 Å². The molecule has 0 saturated heterocycles. The number of halogens is 2. The Hall–Kier alpha value is -4.04. The van der Waals surface area contributed by atoms with E-state index in [1.165, 1.54) is 42.7 Å². The summed E-state index contributed by atoms with van der Waals surface area (Å²) in [5, 5.41) is 16.4. The van der Waals surface area contributed by atoms with Crippen LogP contribution < -0.4 is 10.1 Å². The number of aliphatic imine (C=N–C) groups is 1. The molecule has 8 nitrogen and oxygen atoms in total. The number of alkyl halides is 1. The van der Waals surface area contributed by atoms with Gasteiger partial charge in [0.15, 0.2) is 16.7 Å². The number of hydrogen-bond donors (Lipinski definition) is 1. The lowest BCUT2D eigenvalue weighted by Crippen LogP contribution is -2.24. The van der Waals surface area contributed by atoms with Gasteiger partial charge in [0.25, 0.3) is 5.91 Å². The van der Waals surface area contributed by atoms with Gasteiger partial charge in [-0.25, -0.2) is 13.8 Å². The largest absolute Gasteiger partial charge is 0.454 e. The molecular formula is C22H16F2N6O2S. The van der Waals surface area contributed by atoms with E-state index in [9.17, 15) is 13.6 Å². The number of carbonyl (C=O) groups excluding carboxylic acids is 1. The average Bonchev–Trinajstić information content (AvgIpc) is 3.45. The van der Waals surface area contributed by atoms with Gasteiger partial charge in [-0.15, -0.1) is 0 Å². The molecule has 1 aromatic heterocycles. The van der Waals surface area contributed by atoms with E-state index < -0.39 is 18.4 Å². The Labute approximate surface area is 191 Å². The minimum absolute atomic E-state index is 0.103. The molecule has 1 aliphatic heterocycles. The number of nitrogens with zero attached hydrogens (tertiary/aromatic N) is 5. The summed E-state index contributed by atoms with van der Waals surface area (Å²) in [5.41, 5.74) is 0.875. The second-order valence-electron chi connectivity index (χ2n) is 6.78. The van der Waals surface area contributed by atoms with Crippen LogP contribution in [0.5, 0.6) is 11.5 Å². The minimum Gasteiger partial charge on any atom is -0.454 e. The maximum Gasteiger partial charge on any atom is 0.286 e. The fraction of sp³-hybridized carbons (Fsp3) is 0.136. The van der Waals surface area contributed by atoms with Crippen molar-refractivity contribution >= 4 is 28.9 Å². The summed E-state index contributed by atoms with van der Waals surface area (Å²) in [6.45, 7) is 0.209. The first-order valence-electron chi connectivity index (χ1n) is 9.71. The van der Waals surface area contributed by atoms with E-state index in [1.54, 1.807) is 17.1 Å². The van der Waals surface area contributed by atoms with Crippen LogP contribution in [0.3, 0.4) is 0 Å². The number of ether oxygens (including phenoxy) is 1. The van der Waals surface area contributed by atoms with Crippen LogP contribution in [0.1, 0.15) is 16.7 Å². The number of rotatable bonds is 7. The molecule has 2 heterocycles. The lowest BCUT2D eigenvalue weighted by atomic mass is 10.1. The number of nitrogens with one attached hydrogen (secondary N) is 1. The van der Waals surface area contributed by atoms with Crippen molar-refractivity contribution in [3.8, 4) is 17.6 Å². The van der Waals surface area contributed by atoms with Crippen molar-refractivity contribution in [2.45, 2.75) is 13.2 Å². The van der Waals surface area contributed by atoms with E-state index in [4.69, 9.17) is 10.00 Å². The number of aromatic nitrogens is 3. The molecule has 3 aromatic rings. The molecule has 1 amide bonds. The van der Waals surface area contributed by atoms with Gasteiger partial charge in [-0.05, 0) is 53.7 Å². The van der Waals surface area contributed by atoms with E-state index in [0.717, 1.165) is 11.8 Å². The fourth-order valence-electron chi connectivity index (χ4n) is 2.92. The Kier molecular flexibility index (Phi) is 6.75. The Balaban J connectivity index is 1.41. The second kappa shape index (κ2) is 10.1. The first kappa shape index (κ1) is 22.2. The molecule has 11 heteroatoms. The molecule has 0 aliphatic carbocycles. The lowest BCUT2D eigenvalue weighted by Gasteiger charge is -2.11. The van der Waals surface area contributed by atoms with Gasteiger partial charge in [0.05, 0.1) is 23.1 Å². The van der Waals surface area contributed by atoms with Crippen LogP contribution in [-0.2, 0) is 18.0 Å². The van der Waals surface area contributed by atoms with Crippen LogP contribution in [-0.4, -0.2) is 32.4 Å². The molecule has 1 N–H and O–H groups in total. The Morgan fingerprint density at radius 3 is 2.82 bits per heavy atom. The van der Waals surface area contributed by atoms with E-state index in [2.05, 4.69) is 20.4 Å². The van der Waals surface area contributed by atoms with E-state index in [-0.39, 0.29) is 22.6 Å². The number of hydrogen-bond acceptors (Lipinski definition) is 7. The topological polar surface area (TPSA) is 105 Å². The van der Waals surface area contributed by atoms with Crippen molar-refractivity contribution < 1.29 is 18.3 Å². The van der Waals surface area contributed by atoms with Crippen molar-refractivity contribution in [3.63, 3.8) is 0 Å². The predicted molar refractivity (Wildman–Crippen MR) is 118 cm³/mol. The van der Waals surface area contributed by atoms with Gasteiger partial charge in [0.2, 0.25) is 0 Å². The molecule has 0 spiro atoms. The first-order chi connectivity index (χ1) is 16.1. The van der Waals surface area contributed by atoms with Crippen LogP contribution in [0.15, 0.2) is 59.0 Å². The maximum atomic E-state index is 14.6. The molecule has 0 saturated carbocycles. The van der Waals surface area contributed by atoms with Crippen molar-refractivity contribution in [2.24, 2.45) is 4.99 Å². The van der Waals surface area contributed by atoms with Crippen LogP contribution in [0.25, 0.3) is 6.08 Å². The SMILES string of the molecule is N#Cc1ccc(Oc2ccc(/C=C3\SC(NCCn4cncn4)=NC3=O)cc2F)c(CF)c1. The summed E-state index contributed by atoms with van der Waals surface area (Å²) in [5.74, 6) is -1.08. The molecule has 1 aliphatic rings. The summed E-state index contributed by atoms with van der Waals surface area (Å²) in [6.07, 6.45) is 4.56. The monoisotopic (exact) mass is 466 g/mol. The van der Waals surface area contributed by atoms with Gasteiger partial charge >= 0.3 is 0 Å². The average molecular weight is 466 g/mol. The highest BCUT2D eigenvalue weighted by Crippen LogP contribution is 2.31. The number of thioether (sulfide) groups is 1. The molecule has 166 valence electrons. The third kappa shape index (κ3) is 5.42. The standard InChI is InChI=1S/C22H16F2N6O2S/c23-10-16-7-15(11-25)2-3-18(16)32-19-4-1-14(8-17(19)24)9-20-21(31)29-22(33-20)27-5-6-30-13-26-12-28-30/h1-4,7-9,12-13H,5-6,10H2,(H,27,29,31)/b20-9-. The molecule has 0 fully saturated rings. The lowest BCUT2D eigenvalue weighted by molar-refractivity contribution is -0.113. The summed E-state index contributed by atoms with van der Waals surface area (Å²) in [4.78, 5) is 20.3. The number of amidine groups is 1. The van der Waals surface area contributed by atoms with E-state index in [0.29, 0.717) is 28.7 Å². The van der Waals surface area contributed by atoms with Crippen molar-refractivity contribution in [3.05, 3.63) is 76.5 Å². The Morgan fingerprint density at radius 2 is 2.09 bits per heavy atom. The minimum atomic E-state index is -0.856. The van der Waals surface area contributed by atoms with E-state index >= 15 is 0 Å². The third-order valence-electron chi connectivity index (χ3n) is 4.51. The normalized spacial score (nSPS) is 14.3. The molecular weight excluding hydrogens is 450 g/mol. The predicted octanol–water partition coefficient (Wildman–Crippen LogP) is 3.81. The van der Waals surface area contributed by atoms with E-state index in [1.807, 2.05) is 6.07 Å². The van der Waals surface area contributed by atoms with Crippen LogP contribution in [0.2, 0.25) is 0 Å². The number of nitriles is 1. The highest BCUT2D eigenvalue weighted by Gasteiger charge is 2.22. The molecule has 2 aromatic carbocycles. The maximum absolute atomic E-state index is 14.6. The Bertz CT molecular complexity index is 1280. The smallest absolute Gasteiger partial charge is 0.286 e. The van der Waals surface area contributed by atoms with Gasteiger partial charge < -0.3 is 10.1 Å². The van der Waals surface area contributed by atoms with Gasteiger partial charge in [0, 0.05) is 12.1 Å². The van der Waals surface area contributed by atoms with Crippen molar-refractivity contribution in [2.75, 3.05) is 6.54 Å². The summed E-state index contributed by atoms with van der Waals surface area (Å²) < 4.78 is 35.0. The zero-order valence-electron chi connectivity index (χ0n) is 17.0. The highest BCUT2D eigenvalue weighted by molar-refractivity contribution is 8.18. The zero-order chi connectivity index (χ0) is 23.2. The molecule has 0 unspecified atom stereocenters. The summed E-state index contributed by atoms with van der Waals surface area (Å²) in [7, 11) is 0. The highest BCUT2D eigenvalue weighted by atomic mass is 32.2. The van der Waals surface area contributed by atoms with Gasteiger partial charge in [-0.2, -0.15) is 15.4 Å². The van der Waals surface area contributed by atoms with Crippen molar-refractivity contribution in [1.82, 2.24) is 20.1 Å². The van der Waals surface area contributed by atoms with Crippen molar-refractivity contribution in [1.29, 1.82) is 5.26 Å². The quantitative estimate of drug-likeness (QED) is 0.528. The van der Waals surface area contributed by atoms with Gasteiger partial charge in [0.1, 0.15) is 25.1 Å². The van der Waals surface area contributed by atoms with Crippen LogP contribution >= 0.6 is 11.8 Å². The molecule has 0 atom stereocenters. The summed E-state index contributed by atoms with van der Waals surface area (Å²) >= 11 is 1.16. The number of amides is 1.